The van der Waals surface area contributed by atoms with Crippen LogP contribution in [-0.4, -0.2) is 143 Å². The number of aliphatic hydroxyl groups excluding tert-OH is 7. The molecule has 10 N–H and O–H groups in total. The molecular weight excluding hydrogens is 922 g/mol. The van der Waals surface area contributed by atoms with Gasteiger partial charge in [0.15, 0.2) is 12.4 Å². The topological polar surface area (TPSA) is 326 Å². The van der Waals surface area contributed by atoms with Crippen molar-refractivity contribution in [3.05, 3.63) is 36.5 Å². The molecule has 2 aliphatic heterocycles. The van der Waals surface area contributed by atoms with E-state index >= 15 is 0 Å². The Hall–Kier alpha value is -1.94. The maximum atomic E-state index is 13.7. The summed E-state index contributed by atoms with van der Waals surface area (Å²) >= 11 is 0. The molecule has 2 unspecified atom stereocenters. The van der Waals surface area contributed by atoms with Gasteiger partial charge in [-0.2, -0.15) is 0 Å². The van der Waals surface area contributed by atoms with Gasteiger partial charge in [-0.25, -0.2) is 9.13 Å². The number of rotatable bonds is 23. The molecule has 2 rings (SSSR count). The summed E-state index contributed by atoms with van der Waals surface area (Å²) in [6.07, 6.45) is -0.768. The van der Waals surface area contributed by atoms with E-state index in [4.69, 9.17) is 27.8 Å². The first-order valence-electron chi connectivity index (χ1n) is 23.9. The fourth-order valence-corrected chi connectivity index (χ4v) is 9.18. The zero-order chi connectivity index (χ0) is 49.8. The third-order valence-corrected chi connectivity index (χ3v) is 13.0. The van der Waals surface area contributed by atoms with Gasteiger partial charge in [-0.15, -0.1) is 0 Å². The number of ether oxygens (including phenoxy) is 3. The molecule has 20 nitrogen and oxygen atoms in total. The molecule has 0 amide bonds. The minimum atomic E-state index is -5.79. The lowest BCUT2D eigenvalue weighted by Gasteiger charge is -2.41. The molecule has 0 aromatic rings. The van der Waals surface area contributed by atoms with E-state index < -0.39 is 120 Å². The second-order valence-corrected chi connectivity index (χ2v) is 19.9. The summed E-state index contributed by atoms with van der Waals surface area (Å²) in [6, 6.07) is 0. The van der Waals surface area contributed by atoms with Gasteiger partial charge in [0.05, 0.1) is 24.9 Å². The first-order valence-corrected chi connectivity index (χ1v) is 27.0. The second-order valence-electron chi connectivity index (χ2n) is 17.3. The molecule has 0 aliphatic carbocycles. The van der Waals surface area contributed by atoms with Crippen molar-refractivity contribution in [1.29, 1.82) is 0 Å². The summed E-state index contributed by atoms with van der Waals surface area (Å²) in [5.74, 6) is -2.87. The zero-order valence-corrected chi connectivity index (χ0v) is 40.9. The lowest BCUT2D eigenvalue weighted by Crippen LogP contribution is -2.58. The molecule has 2 aliphatic rings. The van der Waals surface area contributed by atoms with Crippen molar-refractivity contribution in [2.45, 2.75) is 216 Å². The Morgan fingerprint density at radius 2 is 1.52 bits per heavy atom. The zero-order valence-electron chi connectivity index (χ0n) is 39.1. The number of hydrogen-bond donors (Lipinski definition) is 10. The van der Waals surface area contributed by atoms with Crippen molar-refractivity contribution >= 4 is 27.6 Å². The van der Waals surface area contributed by atoms with Crippen molar-refractivity contribution in [2.75, 3.05) is 13.2 Å². The van der Waals surface area contributed by atoms with Gasteiger partial charge in [0.25, 0.3) is 0 Å². The van der Waals surface area contributed by atoms with E-state index in [0.29, 0.717) is 12.8 Å². The van der Waals surface area contributed by atoms with Crippen LogP contribution >= 0.6 is 15.6 Å². The Morgan fingerprint density at radius 3 is 2.19 bits per heavy atom. The normalized spacial score (nSPS) is 32.3. The second kappa shape index (κ2) is 33.6. The molecule has 1 fully saturated rings. The lowest BCUT2D eigenvalue weighted by molar-refractivity contribution is -0.210. The molecule has 2 heterocycles. The third-order valence-electron chi connectivity index (χ3n) is 11.5. The molecule has 22 heteroatoms. The van der Waals surface area contributed by atoms with Crippen LogP contribution in [0, 0.1) is 5.92 Å². The summed E-state index contributed by atoms with van der Waals surface area (Å²) in [6.45, 7) is 2.50. The highest BCUT2D eigenvalue weighted by atomic mass is 31.2. The van der Waals surface area contributed by atoms with Gasteiger partial charge in [-0.05, 0) is 57.8 Å². The van der Waals surface area contributed by atoms with E-state index in [9.17, 15) is 69.1 Å². The van der Waals surface area contributed by atoms with Crippen LogP contribution in [0.4, 0.5) is 0 Å². The van der Waals surface area contributed by atoms with E-state index in [2.05, 4.69) is 19.1 Å². The highest BCUT2D eigenvalue weighted by Gasteiger charge is 2.50. The molecule has 1 saturated heterocycles. The van der Waals surface area contributed by atoms with E-state index in [1.54, 1.807) is 6.08 Å². The van der Waals surface area contributed by atoms with Gasteiger partial charge in [0.2, 0.25) is 0 Å². The van der Waals surface area contributed by atoms with Gasteiger partial charge in [0.1, 0.15) is 43.2 Å². The Balaban J connectivity index is 2.38. The number of cyclic esters (lactones) is 1. The number of carbonyl (C=O) groups is 2. The summed E-state index contributed by atoms with van der Waals surface area (Å²) < 4.78 is 57.6. The average molecular weight is 1000 g/mol. The van der Waals surface area contributed by atoms with Crippen molar-refractivity contribution in [1.82, 2.24) is 0 Å². The van der Waals surface area contributed by atoms with Gasteiger partial charge in [-0.1, -0.05) is 108 Å². The largest absolute Gasteiger partial charge is 0.472 e. The molecule has 0 saturated carbocycles. The van der Waals surface area contributed by atoms with E-state index in [0.717, 1.165) is 63.5 Å². The molecule has 0 aromatic carbocycles. The van der Waals surface area contributed by atoms with Crippen molar-refractivity contribution < 1.29 is 96.9 Å². The number of esters is 2. The van der Waals surface area contributed by atoms with E-state index in [-0.39, 0.29) is 38.5 Å². The van der Waals surface area contributed by atoms with Crippen LogP contribution < -0.4 is 0 Å². The average Bonchev–Trinajstić information content (AvgIpc) is 3.26. The lowest BCUT2D eigenvalue weighted by atomic mass is 9.83. The Labute approximate surface area is 395 Å². The SMILES string of the molecule is CCCCCC/C=C\CCCCCCCC(=O)OC[C@@H]1COP(=O)(O)O[C@H]2[C@H](O)[C@@H](O)[C@H](O)[C@@H](C/C=C\CCCC(=O)O1)[C@@H](O)CC(O)O[C@H](C=C[C@@H](O)CCCCC)[C@@H](O)[C@H]2OP(=O)(O)O. The predicted molar refractivity (Wildman–Crippen MR) is 245 cm³/mol. The molecular formula is C45H80O20P2. The number of phosphoric ester groups is 2. The molecule has 13 atom stereocenters. The molecule has 0 spiro atoms. The smallest absolute Gasteiger partial charge is 0.462 e. The van der Waals surface area contributed by atoms with Crippen LogP contribution in [0.1, 0.15) is 149 Å². The van der Waals surface area contributed by atoms with E-state index in [1.807, 2.05) is 6.92 Å². The Bertz CT molecular complexity index is 1560. The number of allylic oxidation sites excluding steroid dienone is 4. The highest BCUT2D eigenvalue weighted by Crippen LogP contribution is 2.49. The number of aliphatic hydroxyl groups is 7. The Morgan fingerprint density at radius 1 is 0.881 bits per heavy atom. The van der Waals surface area contributed by atoms with Gasteiger partial charge in [0, 0.05) is 25.2 Å². The van der Waals surface area contributed by atoms with Crippen LogP contribution in [0.15, 0.2) is 36.5 Å². The van der Waals surface area contributed by atoms with Crippen molar-refractivity contribution in [2.24, 2.45) is 5.92 Å². The van der Waals surface area contributed by atoms with Gasteiger partial charge >= 0.3 is 27.6 Å². The summed E-state index contributed by atoms with van der Waals surface area (Å²) in [5.41, 5.74) is 0. The maximum Gasteiger partial charge on any atom is 0.472 e. The molecule has 0 radical (unpaired) electrons. The summed E-state index contributed by atoms with van der Waals surface area (Å²) in [5, 5.41) is 78.8. The van der Waals surface area contributed by atoms with Crippen LogP contribution in [0.25, 0.3) is 0 Å². The maximum absolute atomic E-state index is 13.7. The number of fused-ring (bicyclic) bond motifs is 4. The monoisotopic (exact) mass is 1000 g/mol. The number of unbranched alkanes of at least 4 members (excludes halogenated alkanes) is 11. The number of carbonyl (C=O) groups excluding carboxylic acids is 2. The van der Waals surface area contributed by atoms with Crippen molar-refractivity contribution in [3.63, 3.8) is 0 Å². The first kappa shape index (κ1) is 61.2. The predicted octanol–water partition coefficient (Wildman–Crippen LogP) is 4.83. The van der Waals surface area contributed by atoms with Gasteiger partial charge < -0.3 is 64.6 Å². The highest BCUT2D eigenvalue weighted by molar-refractivity contribution is 7.47. The fourth-order valence-electron chi connectivity index (χ4n) is 7.65. The van der Waals surface area contributed by atoms with E-state index in [1.165, 1.54) is 31.8 Å². The molecule has 390 valence electrons. The molecule has 0 aromatic heterocycles. The minimum absolute atomic E-state index is 0.0385. The fraction of sp³-hybridized carbons (Fsp3) is 0.822. The van der Waals surface area contributed by atoms with Gasteiger partial charge in [-0.3, -0.25) is 23.2 Å². The molecule has 2 bridgehead atoms. The summed E-state index contributed by atoms with van der Waals surface area (Å²) in [4.78, 5) is 56.6. The Kier molecular flexibility index (Phi) is 30.7. The standard InChI is InChI=1S/C45H80O20P2/c1-3-5-7-8-9-10-11-12-13-14-15-16-21-25-37(48)60-30-33-31-61-67(58,59)65-45-43(54)42(53)40(51)34(24-20-17-18-22-26-38(49)62-33)35(47)29-39(50)63-36(28-27-32(46)23-19-6-4-2)41(52)44(45)64-66(55,56)57/h10-11,17,20,27-28,32-36,39-47,50-54H,3-9,12-16,18-19,21-26,29-31H2,1-2H3,(H,58,59)(H2,55,56,57)/b11-10-,20-17-,28-27?/t32-,33+,34-,35-,36+,39?,40+,41+,42-,43+,44+,45-/m0/s1. The summed E-state index contributed by atoms with van der Waals surface area (Å²) in [7, 11) is -11.5. The number of hydrogen-bond acceptors (Lipinski definition) is 17. The number of phosphoric acid groups is 2. The minimum Gasteiger partial charge on any atom is -0.462 e. The first-order chi connectivity index (χ1) is 31.8. The van der Waals surface area contributed by atoms with Crippen LogP contribution in [0.5, 0.6) is 0 Å². The van der Waals surface area contributed by atoms with Crippen LogP contribution in [0.3, 0.4) is 0 Å². The quantitative estimate of drug-likeness (QED) is 0.0283. The van der Waals surface area contributed by atoms with Crippen LogP contribution in [-0.2, 0) is 46.5 Å². The van der Waals surface area contributed by atoms with Crippen LogP contribution in [0.2, 0.25) is 0 Å². The van der Waals surface area contributed by atoms with Crippen molar-refractivity contribution in [3.8, 4) is 0 Å². The third kappa shape index (κ3) is 26.2. The molecule has 67 heavy (non-hydrogen) atoms.